The molecule has 0 spiro atoms. The van der Waals surface area contributed by atoms with Crippen LogP contribution in [0.25, 0.3) is 0 Å². The number of aromatic nitrogens is 2. The molecule has 18 heavy (non-hydrogen) atoms. The van der Waals surface area contributed by atoms with Gasteiger partial charge in [-0.2, -0.15) is 0 Å². The number of likely N-dealkylation sites (tertiary alicyclic amines) is 1. The van der Waals surface area contributed by atoms with E-state index in [1.165, 1.54) is 19.4 Å². The number of rotatable bonds is 5. The first-order valence-corrected chi connectivity index (χ1v) is 7.46. The number of halogens is 1. The third kappa shape index (κ3) is 3.65. The average Bonchev–Trinajstić information content (AvgIpc) is 2.72. The molecule has 0 amide bonds. The van der Waals surface area contributed by atoms with Gasteiger partial charge in [0.1, 0.15) is 16.2 Å². The summed E-state index contributed by atoms with van der Waals surface area (Å²) in [6.07, 6.45) is 4.58. The van der Waals surface area contributed by atoms with Crippen LogP contribution in [0, 0.1) is 0 Å². The first-order chi connectivity index (χ1) is 8.69. The minimum Gasteiger partial charge on any atom is -0.368 e. The number of hydrogen-bond donors (Lipinski definition) is 1. The Bertz CT molecular complexity index is 397. The van der Waals surface area contributed by atoms with Crippen molar-refractivity contribution in [3.8, 4) is 0 Å². The molecule has 2 rings (SSSR count). The van der Waals surface area contributed by atoms with Gasteiger partial charge in [-0.25, -0.2) is 9.97 Å². The standard InChI is InChI=1S/C13H21BrN4/c1-3-5-12-16-11(14)8-13(17-12)15-9-10-6-4-7-18(10)2/h8,10H,3-7,9H2,1-2H3,(H,15,16,17). The molecule has 4 nitrogen and oxygen atoms in total. The summed E-state index contributed by atoms with van der Waals surface area (Å²) < 4.78 is 0.864. The molecule has 1 atom stereocenters. The summed E-state index contributed by atoms with van der Waals surface area (Å²) in [5.74, 6) is 1.84. The number of aryl methyl sites for hydroxylation is 1. The van der Waals surface area contributed by atoms with Crippen LogP contribution in [0.1, 0.15) is 32.0 Å². The van der Waals surface area contributed by atoms with Gasteiger partial charge >= 0.3 is 0 Å². The van der Waals surface area contributed by atoms with Gasteiger partial charge in [0.2, 0.25) is 0 Å². The second-order valence-electron chi connectivity index (χ2n) is 4.90. The van der Waals surface area contributed by atoms with Gasteiger partial charge in [-0.15, -0.1) is 0 Å². The maximum Gasteiger partial charge on any atom is 0.132 e. The SMILES string of the molecule is CCCc1nc(Br)cc(NCC2CCCN2C)n1. The van der Waals surface area contributed by atoms with Crippen molar-refractivity contribution in [2.75, 3.05) is 25.5 Å². The lowest BCUT2D eigenvalue weighted by Gasteiger charge is -2.20. The molecule has 0 aliphatic carbocycles. The van der Waals surface area contributed by atoms with Crippen LogP contribution in [-0.2, 0) is 6.42 Å². The molecule has 1 N–H and O–H groups in total. The summed E-state index contributed by atoms with van der Waals surface area (Å²) in [7, 11) is 2.19. The molecule has 2 heterocycles. The van der Waals surface area contributed by atoms with Gasteiger partial charge < -0.3 is 10.2 Å². The summed E-state index contributed by atoms with van der Waals surface area (Å²) in [4.78, 5) is 11.3. The Labute approximate surface area is 117 Å². The van der Waals surface area contributed by atoms with E-state index >= 15 is 0 Å². The molecule has 0 saturated carbocycles. The van der Waals surface area contributed by atoms with Crippen molar-refractivity contribution in [2.24, 2.45) is 0 Å². The lowest BCUT2D eigenvalue weighted by Crippen LogP contribution is -2.31. The van der Waals surface area contributed by atoms with Crippen LogP contribution in [0.2, 0.25) is 0 Å². The first-order valence-electron chi connectivity index (χ1n) is 6.66. The molecule has 1 saturated heterocycles. The van der Waals surface area contributed by atoms with Gasteiger partial charge in [0, 0.05) is 25.1 Å². The monoisotopic (exact) mass is 312 g/mol. The molecule has 100 valence electrons. The highest BCUT2D eigenvalue weighted by Crippen LogP contribution is 2.17. The normalized spacial score (nSPS) is 20.3. The molecular formula is C13H21BrN4. The Balaban J connectivity index is 1.95. The van der Waals surface area contributed by atoms with E-state index < -0.39 is 0 Å². The predicted molar refractivity (Wildman–Crippen MR) is 77.9 cm³/mol. The van der Waals surface area contributed by atoms with E-state index in [-0.39, 0.29) is 0 Å². The van der Waals surface area contributed by atoms with Crippen LogP contribution < -0.4 is 5.32 Å². The van der Waals surface area contributed by atoms with Gasteiger partial charge in [0.15, 0.2) is 0 Å². The van der Waals surface area contributed by atoms with Gasteiger partial charge in [0.05, 0.1) is 0 Å². The summed E-state index contributed by atoms with van der Waals surface area (Å²) in [6, 6.07) is 2.59. The zero-order valence-corrected chi connectivity index (χ0v) is 12.7. The van der Waals surface area contributed by atoms with Crippen LogP contribution in [0.3, 0.4) is 0 Å². The molecule has 1 fully saturated rings. The second kappa shape index (κ2) is 6.48. The smallest absolute Gasteiger partial charge is 0.132 e. The largest absolute Gasteiger partial charge is 0.368 e. The maximum atomic E-state index is 4.54. The fourth-order valence-electron chi connectivity index (χ4n) is 2.35. The van der Waals surface area contributed by atoms with Crippen LogP contribution in [0.5, 0.6) is 0 Å². The minimum atomic E-state index is 0.633. The summed E-state index contributed by atoms with van der Waals surface area (Å²) in [6.45, 7) is 4.32. The van der Waals surface area contributed by atoms with Crippen molar-refractivity contribution in [3.05, 3.63) is 16.5 Å². The van der Waals surface area contributed by atoms with Crippen molar-refractivity contribution in [1.29, 1.82) is 0 Å². The third-order valence-electron chi connectivity index (χ3n) is 3.41. The van der Waals surface area contributed by atoms with Crippen molar-refractivity contribution < 1.29 is 0 Å². The Hall–Kier alpha value is -0.680. The maximum absolute atomic E-state index is 4.54. The molecule has 0 bridgehead atoms. The highest BCUT2D eigenvalue weighted by atomic mass is 79.9. The van der Waals surface area contributed by atoms with Crippen molar-refractivity contribution >= 4 is 21.7 Å². The van der Waals surface area contributed by atoms with E-state index in [0.29, 0.717) is 6.04 Å². The van der Waals surface area contributed by atoms with E-state index in [1.54, 1.807) is 0 Å². The van der Waals surface area contributed by atoms with Gasteiger partial charge in [0.25, 0.3) is 0 Å². The van der Waals surface area contributed by atoms with Gasteiger partial charge in [-0.1, -0.05) is 6.92 Å². The fourth-order valence-corrected chi connectivity index (χ4v) is 2.77. The molecule has 1 aromatic rings. The van der Waals surface area contributed by atoms with E-state index in [9.17, 15) is 0 Å². The number of nitrogens with one attached hydrogen (secondary N) is 1. The molecule has 0 radical (unpaired) electrons. The Morgan fingerprint density at radius 1 is 1.50 bits per heavy atom. The van der Waals surface area contributed by atoms with Gasteiger partial charge in [-0.3, -0.25) is 0 Å². The fraction of sp³-hybridized carbons (Fsp3) is 0.692. The molecule has 0 aromatic carbocycles. The van der Waals surface area contributed by atoms with Crippen molar-refractivity contribution in [2.45, 2.75) is 38.6 Å². The van der Waals surface area contributed by atoms with Crippen LogP contribution in [-0.4, -0.2) is 41.0 Å². The molecule has 1 aromatic heterocycles. The Morgan fingerprint density at radius 3 is 3.00 bits per heavy atom. The van der Waals surface area contributed by atoms with Crippen LogP contribution in [0.15, 0.2) is 10.7 Å². The summed E-state index contributed by atoms with van der Waals surface area (Å²) >= 11 is 3.45. The summed E-state index contributed by atoms with van der Waals surface area (Å²) in [5.41, 5.74) is 0. The van der Waals surface area contributed by atoms with E-state index in [1.807, 2.05) is 6.07 Å². The van der Waals surface area contributed by atoms with E-state index in [2.05, 4.69) is 50.1 Å². The number of nitrogens with zero attached hydrogens (tertiary/aromatic N) is 3. The molecule has 1 aliphatic heterocycles. The quantitative estimate of drug-likeness (QED) is 0.849. The molecule has 1 unspecified atom stereocenters. The molecule has 1 aliphatic rings. The van der Waals surface area contributed by atoms with Gasteiger partial charge in [-0.05, 0) is 48.8 Å². The van der Waals surface area contributed by atoms with Crippen molar-refractivity contribution in [1.82, 2.24) is 14.9 Å². The zero-order valence-electron chi connectivity index (χ0n) is 11.1. The average molecular weight is 313 g/mol. The van der Waals surface area contributed by atoms with Crippen LogP contribution in [0.4, 0.5) is 5.82 Å². The lowest BCUT2D eigenvalue weighted by atomic mass is 10.2. The first kappa shape index (κ1) is 13.7. The van der Waals surface area contributed by atoms with E-state index in [0.717, 1.165) is 35.6 Å². The molecule has 5 heteroatoms. The predicted octanol–water partition coefficient (Wildman–Crippen LogP) is 2.70. The number of likely N-dealkylation sites (N-methyl/N-ethyl adjacent to an activating group) is 1. The Morgan fingerprint density at radius 2 is 2.33 bits per heavy atom. The minimum absolute atomic E-state index is 0.633. The highest BCUT2D eigenvalue weighted by molar-refractivity contribution is 9.10. The van der Waals surface area contributed by atoms with E-state index in [4.69, 9.17) is 0 Å². The van der Waals surface area contributed by atoms with Crippen LogP contribution >= 0.6 is 15.9 Å². The topological polar surface area (TPSA) is 41.1 Å². The highest BCUT2D eigenvalue weighted by Gasteiger charge is 2.20. The van der Waals surface area contributed by atoms with Crippen molar-refractivity contribution in [3.63, 3.8) is 0 Å². The summed E-state index contributed by atoms with van der Waals surface area (Å²) in [5, 5.41) is 3.43. The second-order valence-corrected chi connectivity index (χ2v) is 5.71. The molecular weight excluding hydrogens is 292 g/mol. The zero-order chi connectivity index (χ0) is 13.0. The number of hydrogen-bond acceptors (Lipinski definition) is 4. The third-order valence-corrected chi connectivity index (χ3v) is 3.81. The lowest BCUT2D eigenvalue weighted by molar-refractivity contribution is 0.322. The number of anilines is 1. The Kier molecular flexibility index (Phi) is 4.95.